The first kappa shape index (κ1) is 21.3. The lowest BCUT2D eigenvalue weighted by atomic mass is 10.0. The maximum atomic E-state index is 12.6. The quantitative estimate of drug-likeness (QED) is 0.756. The summed E-state index contributed by atoms with van der Waals surface area (Å²) in [6.07, 6.45) is 3.29. The third-order valence-electron chi connectivity index (χ3n) is 6.04. The summed E-state index contributed by atoms with van der Waals surface area (Å²) in [6, 6.07) is 12.3. The molecule has 1 aromatic rings. The number of likely N-dealkylation sites (tertiary alicyclic amines) is 2. The standard InChI is InChI=1S/C23H38N4O/c1-17(2)24-23(28)22-14-21(16-27(22)18(3)4)25-20-10-12-26(13-11-20)15-19-8-6-5-7-9-19/h5-9,17-18,20-22,25H,10-16H2,1-4H3,(H,24,28)/t21-,22+/m1/s1. The third-order valence-corrected chi connectivity index (χ3v) is 6.04. The van der Waals surface area contributed by atoms with Gasteiger partial charge in [0.2, 0.25) is 5.91 Å². The zero-order valence-electron chi connectivity index (χ0n) is 18.0. The maximum Gasteiger partial charge on any atom is 0.237 e. The molecule has 0 spiro atoms. The Morgan fingerprint density at radius 1 is 1.07 bits per heavy atom. The molecule has 0 bridgehead atoms. The smallest absolute Gasteiger partial charge is 0.237 e. The largest absolute Gasteiger partial charge is 0.353 e. The number of rotatable bonds is 7. The van der Waals surface area contributed by atoms with Crippen LogP contribution in [0.1, 0.15) is 52.5 Å². The highest BCUT2D eigenvalue weighted by Gasteiger charge is 2.39. The molecule has 1 aromatic carbocycles. The molecule has 156 valence electrons. The minimum absolute atomic E-state index is 0.00179. The van der Waals surface area contributed by atoms with Crippen molar-refractivity contribution in [2.24, 2.45) is 0 Å². The molecule has 2 fully saturated rings. The van der Waals surface area contributed by atoms with E-state index in [9.17, 15) is 4.79 Å². The molecule has 2 atom stereocenters. The fraction of sp³-hybridized carbons (Fsp3) is 0.696. The Kier molecular flexibility index (Phi) is 7.49. The van der Waals surface area contributed by atoms with E-state index in [0.29, 0.717) is 18.1 Å². The normalized spacial score (nSPS) is 24.9. The minimum Gasteiger partial charge on any atom is -0.353 e. The second kappa shape index (κ2) is 9.86. The van der Waals surface area contributed by atoms with Gasteiger partial charge in [-0.3, -0.25) is 14.6 Å². The van der Waals surface area contributed by atoms with E-state index in [1.807, 2.05) is 13.8 Å². The predicted octanol–water partition coefficient (Wildman–Crippen LogP) is 2.62. The highest BCUT2D eigenvalue weighted by molar-refractivity contribution is 5.82. The Bertz CT molecular complexity index is 610. The summed E-state index contributed by atoms with van der Waals surface area (Å²) < 4.78 is 0. The van der Waals surface area contributed by atoms with Gasteiger partial charge >= 0.3 is 0 Å². The molecule has 2 saturated heterocycles. The van der Waals surface area contributed by atoms with E-state index in [-0.39, 0.29) is 18.0 Å². The lowest BCUT2D eigenvalue weighted by Crippen LogP contribution is -2.48. The topological polar surface area (TPSA) is 47.6 Å². The molecule has 2 heterocycles. The van der Waals surface area contributed by atoms with Crippen LogP contribution in [-0.4, -0.2) is 65.6 Å². The van der Waals surface area contributed by atoms with Crippen LogP contribution in [0, 0.1) is 0 Å². The number of nitrogens with one attached hydrogen (secondary N) is 2. The lowest BCUT2D eigenvalue weighted by molar-refractivity contribution is -0.126. The van der Waals surface area contributed by atoms with Crippen LogP contribution in [0.2, 0.25) is 0 Å². The number of benzene rings is 1. The van der Waals surface area contributed by atoms with E-state index in [0.717, 1.165) is 32.6 Å². The van der Waals surface area contributed by atoms with Crippen molar-refractivity contribution in [1.29, 1.82) is 0 Å². The van der Waals surface area contributed by atoms with Gasteiger partial charge in [-0.25, -0.2) is 0 Å². The fourth-order valence-electron chi connectivity index (χ4n) is 4.62. The average Bonchev–Trinajstić information content (AvgIpc) is 3.08. The fourth-order valence-corrected chi connectivity index (χ4v) is 4.62. The average molecular weight is 387 g/mol. The van der Waals surface area contributed by atoms with E-state index in [1.54, 1.807) is 0 Å². The van der Waals surface area contributed by atoms with Gasteiger partial charge in [-0.15, -0.1) is 0 Å². The van der Waals surface area contributed by atoms with Crippen molar-refractivity contribution < 1.29 is 4.79 Å². The van der Waals surface area contributed by atoms with Gasteiger partial charge in [0.05, 0.1) is 6.04 Å². The van der Waals surface area contributed by atoms with Crippen LogP contribution in [0.3, 0.4) is 0 Å². The molecule has 5 nitrogen and oxygen atoms in total. The van der Waals surface area contributed by atoms with E-state index in [4.69, 9.17) is 0 Å². The first-order valence-corrected chi connectivity index (χ1v) is 11.0. The molecule has 2 N–H and O–H groups in total. The third kappa shape index (κ3) is 5.79. The molecule has 3 rings (SSSR count). The summed E-state index contributed by atoms with van der Waals surface area (Å²) in [4.78, 5) is 17.6. The number of hydrogen-bond donors (Lipinski definition) is 2. The second-order valence-electron chi connectivity index (χ2n) is 9.10. The van der Waals surface area contributed by atoms with Gasteiger partial charge in [0.15, 0.2) is 0 Å². The summed E-state index contributed by atoms with van der Waals surface area (Å²) in [5.41, 5.74) is 1.40. The molecule has 0 aromatic heterocycles. The minimum atomic E-state index is -0.00179. The van der Waals surface area contributed by atoms with Crippen LogP contribution >= 0.6 is 0 Å². The molecule has 0 radical (unpaired) electrons. The van der Waals surface area contributed by atoms with Crippen LogP contribution in [0.5, 0.6) is 0 Å². The molecule has 0 saturated carbocycles. The van der Waals surface area contributed by atoms with Crippen molar-refractivity contribution in [3.05, 3.63) is 35.9 Å². The van der Waals surface area contributed by atoms with Gasteiger partial charge in [0.1, 0.15) is 0 Å². The summed E-state index contributed by atoms with van der Waals surface area (Å²) in [5.74, 6) is 0.186. The van der Waals surface area contributed by atoms with Gasteiger partial charge in [0, 0.05) is 37.3 Å². The van der Waals surface area contributed by atoms with Crippen LogP contribution in [0.4, 0.5) is 0 Å². The van der Waals surface area contributed by atoms with E-state index in [1.165, 1.54) is 18.4 Å². The Labute approximate surface area is 170 Å². The first-order chi connectivity index (χ1) is 13.4. The van der Waals surface area contributed by atoms with Crippen LogP contribution in [-0.2, 0) is 11.3 Å². The lowest BCUT2D eigenvalue weighted by Gasteiger charge is -2.34. The Morgan fingerprint density at radius 3 is 2.36 bits per heavy atom. The van der Waals surface area contributed by atoms with Gasteiger partial charge in [-0.1, -0.05) is 30.3 Å². The second-order valence-corrected chi connectivity index (χ2v) is 9.10. The maximum absolute atomic E-state index is 12.6. The highest BCUT2D eigenvalue weighted by Crippen LogP contribution is 2.23. The number of carbonyl (C=O) groups excluding carboxylic acids is 1. The Balaban J connectivity index is 1.47. The molecule has 28 heavy (non-hydrogen) atoms. The number of carbonyl (C=O) groups is 1. The molecule has 2 aliphatic rings. The zero-order chi connectivity index (χ0) is 20.1. The molecular weight excluding hydrogens is 348 g/mol. The molecule has 5 heteroatoms. The SMILES string of the molecule is CC(C)NC(=O)[C@@H]1C[C@@H](NC2CCN(Cc3ccccc3)CC2)CN1C(C)C. The molecule has 0 unspecified atom stereocenters. The molecule has 1 amide bonds. The van der Waals surface area contributed by atoms with Gasteiger partial charge in [-0.05, 0) is 65.6 Å². The molecular formula is C23H38N4O. The van der Waals surface area contributed by atoms with Crippen molar-refractivity contribution in [3.63, 3.8) is 0 Å². The predicted molar refractivity (Wildman–Crippen MR) is 115 cm³/mol. The number of nitrogens with zero attached hydrogens (tertiary/aromatic N) is 2. The monoisotopic (exact) mass is 386 g/mol. The van der Waals surface area contributed by atoms with Crippen molar-refractivity contribution in [1.82, 2.24) is 20.4 Å². The van der Waals surface area contributed by atoms with Crippen molar-refractivity contribution in [3.8, 4) is 0 Å². The van der Waals surface area contributed by atoms with Gasteiger partial charge < -0.3 is 10.6 Å². The zero-order valence-corrected chi connectivity index (χ0v) is 18.0. The summed E-state index contributed by atoms with van der Waals surface area (Å²) >= 11 is 0. The number of piperidine rings is 1. The van der Waals surface area contributed by atoms with Crippen LogP contribution in [0.15, 0.2) is 30.3 Å². The molecule has 0 aliphatic carbocycles. The van der Waals surface area contributed by atoms with Crippen LogP contribution < -0.4 is 10.6 Å². The molecule has 2 aliphatic heterocycles. The first-order valence-electron chi connectivity index (χ1n) is 11.0. The summed E-state index contributed by atoms with van der Waals surface area (Å²) in [5, 5.41) is 6.98. The van der Waals surface area contributed by atoms with Crippen LogP contribution in [0.25, 0.3) is 0 Å². The Morgan fingerprint density at radius 2 is 1.75 bits per heavy atom. The van der Waals surface area contributed by atoms with Gasteiger partial charge in [0.25, 0.3) is 0 Å². The van der Waals surface area contributed by atoms with Crippen molar-refractivity contribution in [2.45, 2.75) is 83.7 Å². The Hall–Kier alpha value is -1.43. The summed E-state index contributed by atoms with van der Waals surface area (Å²) in [7, 11) is 0. The van der Waals surface area contributed by atoms with Gasteiger partial charge in [-0.2, -0.15) is 0 Å². The van der Waals surface area contributed by atoms with E-state index < -0.39 is 0 Å². The van der Waals surface area contributed by atoms with E-state index >= 15 is 0 Å². The van der Waals surface area contributed by atoms with E-state index in [2.05, 4.69) is 64.6 Å². The summed E-state index contributed by atoms with van der Waals surface area (Å²) in [6.45, 7) is 12.8. The highest BCUT2D eigenvalue weighted by atomic mass is 16.2. The number of amides is 1. The number of hydrogen-bond acceptors (Lipinski definition) is 4. The van der Waals surface area contributed by atoms with Crippen molar-refractivity contribution in [2.75, 3.05) is 19.6 Å². The van der Waals surface area contributed by atoms with Crippen molar-refractivity contribution >= 4 is 5.91 Å².